The summed E-state index contributed by atoms with van der Waals surface area (Å²) < 4.78 is 3.45. The van der Waals surface area contributed by atoms with Crippen LogP contribution >= 0.6 is 0 Å². The van der Waals surface area contributed by atoms with Crippen molar-refractivity contribution in [2.24, 2.45) is 13.0 Å². The quantitative estimate of drug-likeness (QED) is 0.858. The highest BCUT2D eigenvalue weighted by molar-refractivity contribution is 4.85. The van der Waals surface area contributed by atoms with E-state index in [1.165, 1.54) is 32.1 Å². The van der Waals surface area contributed by atoms with Crippen LogP contribution in [0.25, 0.3) is 0 Å². The number of hydrogen-bond donors (Lipinski definition) is 1. The number of aromatic nitrogens is 2. The molecule has 1 heterocycles. The summed E-state index contributed by atoms with van der Waals surface area (Å²) in [6, 6.07) is 0.426. The van der Waals surface area contributed by atoms with Crippen molar-refractivity contribution >= 4 is 0 Å². The van der Waals surface area contributed by atoms with E-state index >= 15 is 0 Å². The van der Waals surface area contributed by atoms with Gasteiger partial charge >= 0.3 is 5.69 Å². The van der Waals surface area contributed by atoms with Crippen molar-refractivity contribution in [1.29, 1.82) is 0 Å². The fraction of sp³-hybridized carbons (Fsp3) is 0.769. The van der Waals surface area contributed by atoms with Crippen LogP contribution in [-0.2, 0) is 13.6 Å². The highest BCUT2D eigenvalue weighted by Crippen LogP contribution is 2.26. The van der Waals surface area contributed by atoms with Crippen LogP contribution in [0.3, 0.4) is 0 Å². The zero-order valence-electron chi connectivity index (χ0n) is 10.9. The molecule has 1 fully saturated rings. The molecule has 1 atom stereocenters. The second-order valence-corrected chi connectivity index (χ2v) is 5.14. The third-order valence-electron chi connectivity index (χ3n) is 4.00. The molecule has 17 heavy (non-hydrogen) atoms. The van der Waals surface area contributed by atoms with Crippen molar-refractivity contribution < 1.29 is 0 Å². The van der Waals surface area contributed by atoms with E-state index in [0.717, 1.165) is 12.5 Å². The normalized spacial score (nSPS) is 19.4. The molecule has 1 aliphatic rings. The maximum atomic E-state index is 11.8. The zero-order valence-corrected chi connectivity index (χ0v) is 10.9. The first-order valence-electron chi connectivity index (χ1n) is 6.61. The molecular formula is C13H23N3O. The van der Waals surface area contributed by atoms with Gasteiger partial charge in [0.15, 0.2) is 0 Å². The third-order valence-corrected chi connectivity index (χ3v) is 4.00. The van der Waals surface area contributed by atoms with Gasteiger partial charge in [0.1, 0.15) is 0 Å². The van der Waals surface area contributed by atoms with Gasteiger partial charge in [0.2, 0.25) is 0 Å². The molecule has 1 N–H and O–H groups in total. The molecule has 0 bridgehead atoms. The van der Waals surface area contributed by atoms with Gasteiger partial charge in [0, 0.05) is 32.0 Å². The fourth-order valence-corrected chi connectivity index (χ4v) is 2.87. The first-order chi connectivity index (χ1) is 8.22. The minimum atomic E-state index is 0.0843. The highest BCUT2D eigenvalue weighted by Gasteiger charge is 2.23. The van der Waals surface area contributed by atoms with Gasteiger partial charge in [-0.1, -0.05) is 19.3 Å². The van der Waals surface area contributed by atoms with Crippen LogP contribution in [0.5, 0.6) is 0 Å². The van der Waals surface area contributed by atoms with Crippen LogP contribution in [0.4, 0.5) is 0 Å². The largest absolute Gasteiger partial charge is 0.327 e. The highest BCUT2D eigenvalue weighted by atomic mass is 16.1. The molecule has 0 saturated heterocycles. The monoisotopic (exact) mass is 237 g/mol. The van der Waals surface area contributed by atoms with Gasteiger partial charge in [-0.15, -0.1) is 0 Å². The van der Waals surface area contributed by atoms with Crippen LogP contribution in [0.2, 0.25) is 0 Å². The molecule has 1 aromatic heterocycles. The third kappa shape index (κ3) is 2.80. The van der Waals surface area contributed by atoms with E-state index in [9.17, 15) is 4.79 Å². The Kier molecular flexibility index (Phi) is 4.05. The van der Waals surface area contributed by atoms with Crippen molar-refractivity contribution in [2.75, 3.05) is 7.05 Å². The molecule has 0 radical (unpaired) electrons. The molecule has 96 valence electrons. The SMILES string of the molecule is CNC(Cn1ccn(C)c1=O)C1CCCCC1. The minimum absolute atomic E-state index is 0.0843. The zero-order chi connectivity index (χ0) is 12.3. The van der Waals surface area contributed by atoms with Crippen molar-refractivity contribution in [1.82, 2.24) is 14.5 Å². The van der Waals surface area contributed by atoms with Gasteiger partial charge in [-0.3, -0.25) is 4.57 Å². The first-order valence-corrected chi connectivity index (χ1v) is 6.61. The molecule has 0 aromatic carbocycles. The van der Waals surface area contributed by atoms with E-state index in [0.29, 0.717) is 6.04 Å². The Labute approximate surface area is 103 Å². The predicted octanol–water partition coefficient (Wildman–Crippen LogP) is 1.36. The smallest absolute Gasteiger partial charge is 0.315 e. The molecule has 4 heteroatoms. The minimum Gasteiger partial charge on any atom is -0.315 e. The van der Waals surface area contributed by atoms with Crippen LogP contribution in [0.15, 0.2) is 17.2 Å². The summed E-state index contributed by atoms with van der Waals surface area (Å²) in [5.74, 6) is 0.723. The Balaban J connectivity index is 2.04. The van der Waals surface area contributed by atoms with Gasteiger partial charge in [0.05, 0.1) is 0 Å². The van der Waals surface area contributed by atoms with E-state index in [4.69, 9.17) is 0 Å². The number of nitrogens with zero attached hydrogens (tertiary/aromatic N) is 2. The number of nitrogens with one attached hydrogen (secondary N) is 1. The summed E-state index contributed by atoms with van der Waals surface area (Å²) in [6.07, 6.45) is 10.4. The molecular weight excluding hydrogens is 214 g/mol. The Morgan fingerprint density at radius 3 is 2.59 bits per heavy atom. The lowest BCUT2D eigenvalue weighted by molar-refractivity contribution is 0.256. The molecule has 1 aliphatic carbocycles. The number of hydrogen-bond acceptors (Lipinski definition) is 2. The van der Waals surface area contributed by atoms with Crippen LogP contribution in [0.1, 0.15) is 32.1 Å². The van der Waals surface area contributed by atoms with Gasteiger partial charge in [-0.25, -0.2) is 4.79 Å². The van der Waals surface area contributed by atoms with Crippen LogP contribution in [-0.4, -0.2) is 22.2 Å². The Bertz CT molecular complexity index is 401. The summed E-state index contributed by atoms with van der Waals surface area (Å²) in [4.78, 5) is 11.8. The maximum Gasteiger partial charge on any atom is 0.327 e. The van der Waals surface area contributed by atoms with Crippen molar-refractivity contribution in [3.8, 4) is 0 Å². The Morgan fingerprint density at radius 1 is 1.35 bits per heavy atom. The molecule has 1 unspecified atom stereocenters. The van der Waals surface area contributed by atoms with Gasteiger partial charge in [-0.05, 0) is 25.8 Å². The summed E-state index contributed by atoms with van der Waals surface area (Å²) >= 11 is 0. The number of likely N-dealkylation sites (N-methyl/N-ethyl adjacent to an activating group) is 1. The van der Waals surface area contributed by atoms with Crippen molar-refractivity contribution in [3.05, 3.63) is 22.9 Å². The molecule has 1 saturated carbocycles. The summed E-state index contributed by atoms with van der Waals surface area (Å²) in [7, 11) is 3.81. The van der Waals surface area contributed by atoms with Crippen LogP contribution < -0.4 is 11.0 Å². The lowest BCUT2D eigenvalue weighted by Crippen LogP contribution is -2.40. The second kappa shape index (κ2) is 5.54. The second-order valence-electron chi connectivity index (χ2n) is 5.14. The van der Waals surface area contributed by atoms with E-state index < -0.39 is 0 Å². The maximum absolute atomic E-state index is 11.8. The van der Waals surface area contributed by atoms with E-state index in [2.05, 4.69) is 5.32 Å². The number of aryl methyl sites for hydroxylation is 1. The fourth-order valence-electron chi connectivity index (χ4n) is 2.87. The standard InChI is InChI=1S/C13H23N3O/c1-14-12(11-6-4-3-5-7-11)10-16-9-8-15(2)13(16)17/h8-9,11-12,14H,3-7,10H2,1-2H3. The molecule has 0 amide bonds. The molecule has 1 aromatic rings. The predicted molar refractivity (Wildman–Crippen MR) is 69.1 cm³/mol. The molecule has 2 rings (SSSR count). The summed E-state index contributed by atoms with van der Waals surface area (Å²) in [5.41, 5.74) is 0.0843. The Hall–Kier alpha value is -1.03. The first kappa shape index (κ1) is 12.4. The lowest BCUT2D eigenvalue weighted by Gasteiger charge is -2.30. The Morgan fingerprint density at radius 2 is 2.06 bits per heavy atom. The molecule has 4 nitrogen and oxygen atoms in total. The van der Waals surface area contributed by atoms with Crippen LogP contribution in [0, 0.1) is 5.92 Å². The molecule has 0 spiro atoms. The van der Waals surface area contributed by atoms with Crippen molar-refractivity contribution in [3.63, 3.8) is 0 Å². The number of rotatable bonds is 4. The van der Waals surface area contributed by atoms with E-state index in [1.54, 1.807) is 11.6 Å². The summed E-state index contributed by atoms with van der Waals surface area (Å²) in [5, 5.41) is 3.39. The topological polar surface area (TPSA) is 39.0 Å². The van der Waals surface area contributed by atoms with Gasteiger partial charge in [0.25, 0.3) is 0 Å². The van der Waals surface area contributed by atoms with E-state index in [-0.39, 0.29) is 5.69 Å². The van der Waals surface area contributed by atoms with E-state index in [1.807, 2.05) is 24.0 Å². The van der Waals surface area contributed by atoms with Gasteiger partial charge in [-0.2, -0.15) is 0 Å². The average molecular weight is 237 g/mol. The summed E-state index contributed by atoms with van der Waals surface area (Å²) in [6.45, 7) is 0.792. The van der Waals surface area contributed by atoms with Gasteiger partial charge < -0.3 is 9.88 Å². The lowest BCUT2D eigenvalue weighted by atomic mass is 9.84. The average Bonchev–Trinajstić information content (AvgIpc) is 2.68. The molecule has 0 aliphatic heterocycles. The van der Waals surface area contributed by atoms with Crippen molar-refractivity contribution in [2.45, 2.75) is 44.7 Å². The number of imidazole rings is 1.